The minimum Gasteiger partial charge on any atom is -0.762 e. The number of hydrogen-bond donors (Lipinski definition) is 1. The summed E-state index contributed by atoms with van der Waals surface area (Å²) in [5.41, 5.74) is 1.58. The van der Waals surface area contributed by atoms with E-state index in [0.29, 0.717) is 5.70 Å². The highest BCUT2D eigenvalue weighted by Crippen LogP contribution is 2.22. The summed E-state index contributed by atoms with van der Waals surface area (Å²) in [6.45, 7) is 5.79. The molecule has 1 N–H and O–H groups in total. The van der Waals surface area contributed by atoms with Gasteiger partial charge in [-0.1, -0.05) is 12.2 Å². The molecule has 1 aliphatic carbocycles. The lowest BCUT2D eigenvalue weighted by Gasteiger charge is -2.32. The third-order valence-electron chi connectivity index (χ3n) is 3.09. The first kappa shape index (κ1) is 14.4. The molecule has 0 spiro atoms. The molecule has 0 fully saturated rings. The van der Waals surface area contributed by atoms with Gasteiger partial charge < -0.3 is 27.3 Å². The van der Waals surface area contributed by atoms with Gasteiger partial charge in [-0.25, -0.2) is 0 Å². The molecule has 0 aromatic carbocycles. The molecule has 0 radical (unpaired) electrons. The summed E-state index contributed by atoms with van der Waals surface area (Å²) < 4.78 is 5.08. The summed E-state index contributed by atoms with van der Waals surface area (Å²) >= 11 is 5.49. The summed E-state index contributed by atoms with van der Waals surface area (Å²) in [7, 11) is 0. The van der Waals surface area contributed by atoms with Crippen molar-refractivity contribution in [3.63, 3.8) is 0 Å². The summed E-state index contributed by atoms with van der Waals surface area (Å²) in [6.07, 6.45) is 7.11. The monoisotopic (exact) mass is 289 g/mol. The Labute approximate surface area is 124 Å². The summed E-state index contributed by atoms with van der Waals surface area (Å²) in [4.78, 5) is 14.1. The fourth-order valence-electron chi connectivity index (χ4n) is 1.99. The molecule has 1 aromatic heterocycles. The molecule has 1 amide bonds. The molecule has 0 saturated heterocycles. The van der Waals surface area contributed by atoms with E-state index in [-0.39, 0.29) is 11.7 Å². The van der Waals surface area contributed by atoms with Crippen molar-refractivity contribution in [1.82, 2.24) is 10.2 Å². The van der Waals surface area contributed by atoms with Gasteiger partial charge in [0.25, 0.3) is 5.91 Å². The Kier molecular flexibility index (Phi) is 4.63. The first-order chi connectivity index (χ1) is 9.67. The number of hydrogen-bond acceptors (Lipinski definition) is 4. The Morgan fingerprint density at radius 1 is 1.40 bits per heavy atom. The van der Waals surface area contributed by atoms with E-state index in [1.165, 1.54) is 6.26 Å². The molecule has 1 aliphatic rings. The number of carbonyl (C=O) groups is 1. The molecule has 2 rings (SSSR count). The maximum absolute atomic E-state index is 12.0. The number of allylic oxidation sites excluding steroid dienone is 3. The van der Waals surface area contributed by atoms with Gasteiger partial charge in [-0.15, -0.1) is 5.03 Å². The summed E-state index contributed by atoms with van der Waals surface area (Å²) in [5.74, 6) is 0.00991. The second-order valence-corrected chi connectivity index (χ2v) is 4.65. The number of amides is 1. The lowest BCUT2D eigenvalue weighted by atomic mass is 10.2. The van der Waals surface area contributed by atoms with E-state index in [4.69, 9.17) is 17.0 Å². The largest absolute Gasteiger partial charge is 0.762 e. The summed E-state index contributed by atoms with van der Waals surface area (Å²) in [5, 5.41) is 3.58. The number of nitrogens with one attached hydrogen (secondary N) is 1. The maximum Gasteiger partial charge on any atom is 0.291 e. The van der Waals surface area contributed by atoms with E-state index in [0.717, 1.165) is 23.7 Å². The van der Waals surface area contributed by atoms with Crippen LogP contribution in [0.1, 0.15) is 24.4 Å². The van der Waals surface area contributed by atoms with E-state index < -0.39 is 0 Å². The van der Waals surface area contributed by atoms with Crippen LogP contribution in [-0.2, 0) is 12.6 Å². The third-order valence-corrected chi connectivity index (χ3v) is 3.57. The zero-order valence-corrected chi connectivity index (χ0v) is 12.4. The minimum absolute atomic E-state index is 0.273. The van der Waals surface area contributed by atoms with Crippen LogP contribution in [0.4, 0.5) is 0 Å². The van der Waals surface area contributed by atoms with Crippen LogP contribution >= 0.6 is 0 Å². The van der Waals surface area contributed by atoms with Crippen LogP contribution in [0.3, 0.4) is 0 Å². The normalized spacial score (nSPS) is 16.0. The molecule has 0 bridgehead atoms. The standard InChI is InChI=1S/C15H18N2O2S/c1-3-17(4-2)15(20)11-7-5-8-12(11)16-14(18)13-9-6-10-19-13/h5-10,20H,3-4H2,1-2H3,(H,16,18)/p-1/b15-11+. The fourth-order valence-corrected chi connectivity index (χ4v) is 2.42. The third kappa shape index (κ3) is 2.93. The van der Waals surface area contributed by atoms with Crippen LogP contribution in [0.2, 0.25) is 0 Å². The van der Waals surface area contributed by atoms with E-state index in [1.807, 2.05) is 18.2 Å². The van der Waals surface area contributed by atoms with Crippen LogP contribution in [-0.4, -0.2) is 23.9 Å². The van der Waals surface area contributed by atoms with Crippen LogP contribution in [0.5, 0.6) is 0 Å². The van der Waals surface area contributed by atoms with Gasteiger partial charge in [-0.05, 0) is 37.6 Å². The number of furan rings is 1. The fraction of sp³-hybridized carbons (Fsp3) is 0.267. The van der Waals surface area contributed by atoms with Gasteiger partial charge in [0.05, 0.1) is 6.26 Å². The highest BCUT2D eigenvalue weighted by Gasteiger charge is 2.15. The van der Waals surface area contributed by atoms with Crippen LogP contribution in [0.15, 0.2) is 57.3 Å². The van der Waals surface area contributed by atoms with E-state index in [2.05, 4.69) is 24.1 Å². The van der Waals surface area contributed by atoms with Crippen LogP contribution in [0.25, 0.3) is 0 Å². The zero-order valence-electron chi connectivity index (χ0n) is 11.6. The van der Waals surface area contributed by atoms with Crippen LogP contribution in [0, 0.1) is 0 Å². The molecule has 1 heterocycles. The van der Waals surface area contributed by atoms with Crippen molar-refractivity contribution in [2.24, 2.45) is 0 Å². The van der Waals surface area contributed by atoms with Crippen molar-refractivity contribution in [1.29, 1.82) is 0 Å². The van der Waals surface area contributed by atoms with Crippen LogP contribution < -0.4 is 5.32 Å². The van der Waals surface area contributed by atoms with E-state index in [9.17, 15) is 4.79 Å². The highest BCUT2D eigenvalue weighted by molar-refractivity contribution is 7.63. The molecule has 5 heteroatoms. The Bertz CT molecular complexity index is 567. The average molecular weight is 289 g/mol. The Balaban J connectivity index is 2.17. The van der Waals surface area contributed by atoms with Crippen molar-refractivity contribution >= 4 is 18.5 Å². The van der Waals surface area contributed by atoms with Gasteiger partial charge in [0, 0.05) is 18.8 Å². The predicted molar refractivity (Wildman–Crippen MR) is 80.7 cm³/mol. The molecular formula is C15H17N2O2S-. The van der Waals surface area contributed by atoms with Gasteiger partial charge in [-0.2, -0.15) is 0 Å². The smallest absolute Gasteiger partial charge is 0.291 e. The zero-order chi connectivity index (χ0) is 14.5. The second kappa shape index (κ2) is 6.43. The van der Waals surface area contributed by atoms with Crippen molar-refractivity contribution in [2.45, 2.75) is 13.8 Å². The van der Waals surface area contributed by atoms with E-state index >= 15 is 0 Å². The Morgan fingerprint density at radius 2 is 2.15 bits per heavy atom. The second-order valence-electron chi connectivity index (χ2n) is 4.26. The molecular weight excluding hydrogens is 272 g/mol. The number of carbonyl (C=O) groups excluding carboxylic acids is 1. The van der Waals surface area contributed by atoms with Gasteiger partial charge in [0.15, 0.2) is 5.76 Å². The molecule has 0 atom stereocenters. The lowest BCUT2D eigenvalue weighted by Crippen LogP contribution is -2.26. The van der Waals surface area contributed by atoms with Gasteiger partial charge in [-0.3, -0.25) is 4.79 Å². The molecule has 1 aromatic rings. The average Bonchev–Trinajstić information content (AvgIpc) is 3.11. The van der Waals surface area contributed by atoms with E-state index in [1.54, 1.807) is 12.1 Å². The van der Waals surface area contributed by atoms with Crippen molar-refractivity contribution in [2.75, 3.05) is 13.1 Å². The van der Waals surface area contributed by atoms with Crippen molar-refractivity contribution < 1.29 is 9.21 Å². The maximum atomic E-state index is 12.0. The quantitative estimate of drug-likeness (QED) is 0.846. The first-order valence-corrected chi connectivity index (χ1v) is 6.98. The highest BCUT2D eigenvalue weighted by atomic mass is 32.1. The first-order valence-electron chi connectivity index (χ1n) is 6.57. The number of nitrogens with zero attached hydrogens (tertiary/aromatic N) is 1. The lowest BCUT2D eigenvalue weighted by molar-refractivity contribution is 0.0939. The van der Waals surface area contributed by atoms with Crippen molar-refractivity contribution in [3.8, 4) is 0 Å². The van der Waals surface area contributed by atoms with Gasteiger partial charge in [0.2, 0.25) is 0 Å². The molecule has 4 nitrogen and oxygen atoms in total. The minimum atomic E-state index is -0.273. The Morgan fingerprint density at radius 3 is 2.75 bits per heavy atom. The summed E-state index contributed by atoms with van der Waals surface area (Å²) in [6, 6.07) is 3.31. The molecule has 0 saturated carbocycles. The molecule has 106 valence electrons. The molecule has 0 aliphatic heterocycles. The van der Waals surface area contributed by atoms with Gasteiger partial charge >= 0.3 is 0 Å². The van der Waals surface area contributed by atoms with Crippen molar-refractivity contribution in [3.05, 3.63) is 58.7 Å². The molecule has 20 heavy (non-hydrogen) atoms. The SMILES string of the molecule is CCN(CC)/C([S-])=C1/C=CC=C1NC(=O)c1ccco1. The molecule has 0 unspecified atom stereocenters. The number of rotatable bonds is 5. The predicted octanol–water partition coefficient (Wildman–Crippen LogP) is 2.56. The Hall–Kier alpha value is -2.01. The topological polar surface area (TPSA) is 45.5 Å². The van der Waals surface area contributed by atoms with Gasteiger partial charge in [0.1, 0.15) is 0 Å².